The van der Waals surface area contributed by atoms with Crippen LogP contribution >= 0.6 is 11.8 Å². The molecular weight excluding hydrogens is 264 g/mol. The maximum absolute atomic E-state index is 12.5. The molecular formula is C13H24N2O3S. The van der Waals surface area contributed by atoms with Gasteiger partial charge in [-0.25, -0.2) is 4.79 Å². The van der Waals surface area contributed by atoms with Crippen LogP contribution in [0.1, 0.15) is 34.1 Å². The maximum Gasteiger partial charge on any atom is 0.323 e. The predicted molar refractivity (Wildman–Crippen MR) is 77.6 cm³/mol. The van der Waals surface area contributed by atoms with Gasteiger partial charge >= 0.3 is 12.0 Å². The van der Waals surface area contributed by atoms with Gasteiger partial charge in [-0.3, -0.25) is 4.79 Å². The zero-order valence-electron chi connectivity index (χ0n) is 12.1. The van der Waals surface area contributed by atoms with Gasteiger partial charge in [0, 0.05) is 29.6 Å². The number of aliphatic carboxylic acids is 1. The second-order valence-corrected chi connectivity index (χ2v) is 7.11. The first-order chi connectivity index (χ1) is 8.85. The third kappa shape index (κ3) is 4.60. The number of carboxylic acid groups (broad SMARTS) is 1. The highest BCUT2D eigenvalue weighted by Crippen LogP contribution is 2.25. The average molecular weight is 288 g/mol. The highest BCUT2D eigenvalue weighted by Gasteiger charge is 2.31. The molecule has 0 spiro atoms. The molecule has 6 heteroatoms. The molecule has 110 valence electrons. The van der Waals surface area contributed by atoms with Crippen LogP contribution in [0.3, 0.4) is 0 Å². The van der Waals surface area contributed by atoms with E-state index in [4.69, 9.17) is 5.11 Å². The molecule has 0 aromatic heterocycles. The lowest BCUT2D eigenvalue weighted by molar-refractivity contribution is -0.138. The molecule has 19 heavy (non-hydrogen) atoms. The van der Waals surface area contributed by atoms with E-state index in [9.17, 15) is 9.59 Å². The standard InChI is InChI=1S/C13H24N2O3S/c1-5-9(2)15(8-12(16)17)13(18)14-6-10(3)19-11(4)7-14/h9-11H,5-8H2,1-4H3,(H,16,17). The minimum Gasteiger partial charge on any atom is -0.480 e. The van der Waals surface area contributed by atoms with Crippen molar-refractivity contribution in [1.29, 1.82) is 0 Å². The zero-order valence-corrected chi connectivity index (χ0v) is 12.9. The molecule has 0 bridgehead atoms. The molecule has 0 aromatic carbocycles. The van der Waals surface area contributed by atoms with E-state index in [1.807, 2.05) is 25.6 Å². The summed E-state index contributed by atoms with van der Waals surface area (Å²) in [6.45, 7) is 9.23. The maximum atomic E-state index is 12.5. The molecule has 3 unspecified atom stereocenters. The number of hydrogen-bond acceptors (Lipinski definition) is 3. The van der Waals surface area contributed by atoms with E-state index in [0.29, 0.717) is 23.6 Å². The highest BCUT2D eigenvalue weighted by atomic mass is 32.2. The summed E-state index contributed by atoms with van der Waals surface area (Å²) in [5.74, 6) is -0.957. The SMILES string of the molecule is CCC(C)N(CC(=O)O)C(=O)N1CC(C)SC(C)C1. The summed E-state index contributed by atoms with van der Waals surface area (Å²) >= 11 is 1.87. The molecule has 1 heterocycles. The molecule has 0 aliphatic carbocycles. The Labute approximate surface area is 119 Å². The van der Waals surface area contributed by atoms with Gasteiger partial charge in [-0.15, -0.1) is 0 Å². The number of carbonyl (C=O) groups is 2. The third-order valence-electron chi connectivity index (χ3n) is 3.36. The fourth-order valence-electron chi connectivity index (χ4n) is 2.29. The van der Waals surface area contributed by atoms with Crippen molar-refractivity contribution in [2.45, 2.75) is 50.7 Å². The third-order valence-corrected chi connectivity index (χ3v) is 4.59. The van der Waals surface area contributed by atoms with Crippen LogP contribution in [-0.4, -0.2) is 63.1 Å². The van der Waals surface area contributed by atoms with E-state index in [1.54, 1.807) is 4.90 Å². The number of urea groups is 1. The lowest BCUT2D eigenvalue weighted by atomic mass is 10.2. The summed E-state index contributed by atoms with van der Waals surface area (Å²) in [6.07, 6.45) is 0.757. The minimum absolute atomic E-state index is 0.0520. The molecule has 1 saturated heterocycles. The van der Waals surface area contributed by atoms with Gasteiger partial charge in [0.05, 0.1) is 0 Å². The fourth-order valence-corrected chi connectivity index (χ4v) is 3.62. The quantitative estimate of drug-likeness (QED) is 0.861. The highest BCUT2D eigenvalue weighted by molar-refractivity contribution is 8.00. The first kappa shape index (κ1) is 16.1. The van der Waals surface area contributed by atoms with Crippen LogP contribution in [0.25, 0.3) is 0 Å². The summed E-state index contributed by atoms with van der Waals surface area (Å²) in [4.78, 5) is 26.7. The number of carboxylic acids is 1. The number of nitrogens with zero attached hydrogens (tertiary/aromatic N) is 2. The molecule has 1 rings (SSSR count). The Kier molecular flexibility index (Phi) is 5.97. The van der Waals surface area contributed by atoms with Gasteiger partial charge < -0.3 is 14.9 Å². The monoisotopic (exact) mass is 288 g/mol. The van der Waals surface area contributed by atoms with Gasteiger partial charge in [-0.1, -0.05) is 20.8 Å². The number of rotatable bonds is 4. The van der Waals surface area contributed by atoms with E-state index >= 15 is 0 Å². The average Bonchev–Trinajstić information content (AvgIpc) is 2.32. The largest absolute Gasteiger partial charge is 0.480 e. The van der Waals surface area contributed by atoms with Crippen LogP contribution in [0.15, 0.2) is 0 Å². The van der Waals surface area contributed by atoms with Gasteiger partial charge in [-0.2, -0.15) is 11.8 Å². The number of thioether (sulfide) groups is 1. The summed E-state index contributed by atoms with van der Waals surface area (Å²) in [5, 5.41) is 9.76. The van der Waals surface area contributed by atoms with Crippen LogP contribution in [-0.2, 0) is 4.79 Å². The van der Waals surface area contributed by atoms with E-state index in [2.05, 4.69) is 13.8 Å². The molecule has 0 saturated carbocycles. The molecule has 5 nitrogen and oxygen atoms in total. The van der Waals surface area contributed by atoms with Crippen LogP contribution < -0.4 is 0 Å². The first-order valence-electron chi connectivity index (χ1n) is 6.77. The van der Waals surface area contributed by atoms with Crippen molar-refractivity contribution in [1.82, 2.24) is 9.80 Å². The lowest BCUT2D eigenvalue weighted by Crippen LogP contribution is -2.53. The molecule has 0 aromatic rings. The molecule has 2 amide bonds. The van der Waals surface area contributed by atoms with Gasteiger partial charge in [0.2, 0.25) is 0 Å². The Balaban J connectivity index is 2.77. The topological polar surface area (TPSA) is 60.9 Å². The normalized spacial score (nSPS) is 24.9. The Hall–Kier alpha value is -0.910. The summed E-state index contributed by atoms with van der Waals surface area (Å²) in [7, 11) is 0. The van der Waals surface area contributed by atoms with Crippen molar-refractivity contribution in [3.8, 4) is 0 Å². The van der Waals surface area contributed by atoms with Crippen molar-refractivity contribution < 1.29 is 14.7 Å². The second kappa shape index (κ2) is 7.03. The Bertz CT molecular complexity index is 328. The van der Waals surface area contributed by atoms with E-state index in [-0.39, 0.29) is 18.6 Å². The van der Waals surface area contributed by atoms with Crippen molar-refractivity contribution >= 4 is 23.8 Å². The van der Waals surface area contributed by atoms with Crippen LogP contribution in [0.4, 0.5) is 4.79 Å². The molecule has 1 N–H and O–H groups in total. The van der Waals surface area contributed by atoms with Crippen LogP contribution in [0.5, 0.6) is 0 Å². The number of carbonyl (C=O) groups excluding carboxylic acids is 1. The molecule has 1 fully saturated rings. The number of hydrogen-bond donors (Lipinski definition) is 1. The minimum atomic E-state index is -0.957. The molecule has 3 atom stereocenters. The molecule has 1 aliphatic rings. The van der Waals surface area contributed by atoms with E-state index < -0.39 is 5.97 Å². The fraction of sp³-hybridized carbons (Fsp3) is 0.846. The van der Waals surface area contributed by atoms with Crippen molar-refractivity contribution in [3.05, 3.63) is 0 Å². The van der Waals surface area contributed by atoms with Gasteiger partial charge in [0.25, 0.3) is 0 Å². The Morgan fingerprint density at radius 1 is 1.37 bits per heavy atom. The van der Waals surface area contributed by atoms with Crippen LogP contribution in [0.2, 0.25) is 0 Å². The van der Waals surface area contributed by atoms with Gasteiger partial charge in [0.15, 0.2) is 0 Å². The van der Waals surface area contributed by atoms with Crippen molar-refractivity contribution in [2.75, 3.05) is 19.6 Å². The summed E-state index contributed by atoms with van der Waals surface area (Å²) in [6, 6.07) is -0.195. The smallest absolute Gasteiger partial charge is 0.323 e. The van der Waals surface area contributed by atoms with Crippen LogP contribution in [0, 0.1) is 0 Å². The second-order valence-electron chi connectivity index (χ2n) is 5.22. The Morgan fingerprint density at radius 3 is 2.32 bits per heavy atom. The van der Waals surface area contributed by atoms with Crippen molar-refractivity contribution in [2.24, 2.45) is 0 Å². The molecule has 1 aliphatic heterocycles. The van der Waals surface area contributed by atoms with Gasteiger partial charge in [-0.05, 0) is 13.3 Å². The molecule has 0 radical (unpaired) electrons. The van der Waals surface area contributed by atoms with E-state index in [0.717, 1.165) is 6.42 Å². The summed E-state index contributed by atoms with van der Waals surface area (Å²) in [5.41, 5.74) is 0. The van der Waals surface area contributed by atoms with E-state index in [1.165, 1.54) is 4.90 Å². The number of amides is 2. The van der Waals surface area contributed by atoms with Gasteiger partial charge in [0.1, 0.15) is 6.54 Å². The first-order valence-corrected chi connectivity index (χ1v) is 7.72. The summed E-state index contributed by atoms with van der Waals surface area (Å²) < 4.78 is 0. The Morgan fingerprint density at radius 2 is 1.89 bits per heavy atom. The lowest BCUT2D eigenvalue weighted by Gasteiger charge is -2.39. The predicted octanol–water partition coefficient (Wildman–Crippen LogP) is 2.12. The van der Waals surface area contributed by atoms with Crippen molar-refractivity contribution in [3.63, 3.8) is 0 Å². The zero-order chi connectivity index (χ0) is 14.6.